The molecule has 2 rings (SSSR count). The molecule has 112 valence electrons. The van der Waals surface area contributed by atoms with Gasteiger partial charge in [-0.1, -0.05) is 25.1 Å². The average Bonchev–Trinajstić information content (AvgIpc) is 2.38. The predicted molar refractivity (Wildman–Crippen MR) is 79.6 cm³/mol. The lowest BCUT2D eigenvalue weighted by Gasteiger charge is -2.30. The third-order valence-electron chi connectivity index (χ3n) is 3.61. The zero-order valence-electron chi connectivity index (χ0n) is 11.9. The van der Waals surface area contributed by atoms with Gasteiger partial charge in [0, 0.05) is 18.7 Å². The Balaban J connectivity index is 2.20. The van der Waals surface area contributed by atoms with Gasteiger partial charge < -0.3 is 5.11 Å². The van der Waals surface area contributed by atoms with Crippen LogP contribution < -0.4 is 4.72 Å². The van der Waals surface area contributed by atoms with E-state index in [0.29, 0.717) is 30.3 Å². The minimum Gasteiger partial charge on any atom is -0.389 e. The molecule has 1 aliphatic rings. The Morgan fingerprint density at radius 2 is 2.10 bits per heavy atom. The van der Waals surface area contributed by atoms with Crippen LogP contribution in [-0.2, 0) is 10.2 Å². The highest BCUT2D eigenvalue weighted by Gasteiger charge is 2.27. The summed E-state index contributed by atoms with van der Waals surface area (Å²) in [6, 6.07) is 6.93. The lowest BCUT2D eigenvalue weighted by Crippen LogP contribution is -2.42. The molecule has 1 aromatic rings. The van der Waals surface area contributed by atoms with Crippen molar-refractivity contribution >= 4 is 15.9 Å². The van der Waals surface area contributed by atoms with Gasteiger partial charge in [0.2, 0.25) is 0 Å². The van der Waals surface area contributed by atoms with Crippen LogP contribution in [0.3, 0.4) is 0 Å². The van der Waals surface area contributed by atoms with Crippen LogP contribution in [0.5, 0.6) is 0 Å². The summed E-state index contributed by atoms with van der Waals surface area (Å²) in [5.74, 6) is 0.382. The van der Waals surface area contributed by atoms with E-state index in [1.807, 2.05) is 0 Å². The van der Waals surface area contributed by atoms with E-state index in [0.717, 1.165) is 12.8 Å². The smallest absolute Gasteiger partial charge is 0.301 e. The molecule has 1 fully saturated rings. The second-order valence-corrected chi connectivity index (χ2v) is 7.15. The maximum Gasteiger partial charge on any atom is 0.301 e. The van der Waals surface area contributed by atoms with Gasteiger partial charge in [-0.15, -0.1) is 0 Å². The molecule has 0 bridgehead atoms. The summed E-state index contributed by atoms with van der Waals surface area (Å²) in [6.07, 6.45) is 1.24. The van der Waals surface area contributed by atoms with Gasteiger partial charge in [0.25, 0.3) is 0 Å². The van der Waals surface area contributed by atoms with Crippen LogP contribution in [0.4, 0.5) is 5.69 Å². The first-order valence-corrected chi connectivity index (χ1v) is 8.39. The molecule has 2 unspecified atom stereocenters. The fourth-order valence-electron chi connectivity index (χ4n) is 2.52. The SMILES string of the molecule is CC1CCCN(S(=O)(=O)Nc2ccccc2C(C)O)C1. The third-order valence-corrected chi connectivity index (χ3v) is 5.10. The lowest BCUT2D eigenvalue weighted by molar-refractivity contribution is 0.200. The van der Waals surface area contributed by atoms with Crippen molar-refractivity contribution in [1.29, 1.82) is 0 Å². The number of nitrogens with zero attached hydrogens (tertiary/aromatic N) is 1. The molecule has 1 aromatic carbocycles. The van der Waals surface area contributed by atoms with Crippen LogP contribution in [-0.4, -0.2) is 30.9 Å². The van der Waals surface area contributed by atoms with E-state index < -0.39 is 16.3 Å². The number of anilines is 1. The van der Waals surface area contributed by atoms with E-state index in [2.05, 4.69) is 11.6 Å². The van der Waals surface area contributed by atoms with Crippen LogP contribution in [0.25, 0.3) is 0 Å². The number of aliphatic hydroxyl groups is 1. The van der Waals surface area contributed by atoms with Crippen molar-refractivity contribution in [2.45, 2.75) is 32.8 Å². The second-order valence-electron chi connectivity index (χ2n) is 5.48. The summed E-state index contributed by atoms with van der Waals surface area (Å²) < 4.78 is 28.9. The fraction of sp³-hybridized carbons (Fsp3) is 0.571. The Hall–Kier alpha value is -1.11. The molecule has 5 nitrogen and oxygen atoms in total. The van der Waals surface area contributed by atoms with Crippen LogP contribution >= 0.6 is 0 Å². The van der Waals surface area contributed by atoms with Crippen molar-refractivity contribution in [2.75, 3.05) is 17.8 Å². The Kier molecular flexibility index (Phi) is 4.67. The molecule has 6 heteroatoms. The molecule has 1 saturated heterocycles. The second kappa shape index (κ2) is 6.11. The average molecular weight is 298 g/mol. The van der Waals surface area contributed by atoms with Crippen molar-refractivity contribution in [2.24, 2.45) is 5.92 Å². The van der Waals surface area contributed by atoms with E-state index >= 15 is 0 Å². The first-order valence-electron chi connectivity index (χ1n) is 6.95. The monoisotopic (exact) mass is 298 g/mol. The Bertz CT molecular complexity index is 557. The summed E-state index contributed by atoms with van der Waals surface area (Å²) in [6.45, 7) is 4.78. The number of hydrogen-bond donors (Lipinski definition) is 2. The van der Waals surface area contributed by atoms with E-state index in [1.54, 1.807) is 31.2 Å². The highest BCUT2D eigenvalue weighted by atomic mass is 32.2. The van der Waals surface area contributed by atoms with Gasteiger partial charge in [-0.25, -0.2) is 0 Å². The van der Waals surface area contributed by atoms with Gasteiger partial charge in [0.1, 0.15) is 0 Å². The fourth-order valence-corrected chi connectivity index (χ4v) is 3.94. The molecule has 1 aliphatic heterocycles. The normalized spacial score (nSPS) is 22.4. The minimum atomic E-state index is -3.55. The summed E-state index contributed by atoms with van der Waals surface area (Å²) in [7, 11) is -3.55. The first kappa shape index (κ1) is 15.3. The molecule has 20 heavy (non-hydrogen) atoms. The van der Waals surface area contributed by atoms with Crippen molar-refractivity contribution in [3.8, 4) is 0 Å². The predicted octanol–water partition coefficient (Wildman–Crippen LogP) is 2.13. The number of hydrogen-bond acceptors (Lipinski definition) is 3. The number of aliphatic hydroxyl groups excluding tert-OH is 1. The van der Waals surface area contributed by atoms with Gasteiger partial charge in [-0.2, -0.15) is 12.7 Å². The standard InChI is InChI=1S/C14H22N2O3S/c1-11-6-5-9-16(10-11)20(18,19)15-14-8-4-3-7-13(14)12(2)17/h3-4,7-8,11-12,15,17H,5-6,9-10H2,1-2H3. The molecular weight excluding hydrogens is 276 g/mol. The minimum absolute atomic E-state index is 0.382. The number of para-hydroxylation sites is 1. The largest absolute Gasteiger partial charge is 0.389 e. The van der Waals surface area contributed by atoms with Crippen molar-refractivity contribution in [3.63, 3.8) is 0 Å². The Morgan fingerprint density at radius 1 is 1.40 bits per heavy atom. The topological polar surface area (TPSA) is 69.6 Å². The number of benzene rings is 1. The highest BCUT2D eigenvalue weighted by molar-refractivity contribution is 7.90. The van der Waals surface area contributed by atoms with Gasteiger partial charge in [-0.05, 0) is 31.7 Å². The zero-order chi connectivity index (χ0) is 14.8. The van der Waals surface area contributed by atoms with Crippen molar-refractivity contribution in [3.05, 3.63) is 29.8 Å². The van der Waals surface area contributed by atoms with Crippen LogP contribution in [0.15, 0.2) is 24.3 Å². The Labute approximate surface area is 120 Å². The summed E-state index contributed by atoms with van der Waals surface area (Å²) in [4.78, 5) is 0. The molecule has 0 amide bonds. The van der Waals surface area contributed by atoms with Crippen molar-refractivity contribution < 1.29 is 13.5 Å². The quantitative estimate of drug-likeness (QED) is 0.894. The third kappa shape index (κ3) is 3.50. The molecule has 0 saturated carbocycles. The lowest BCUT2D eigenvalue weighted by atomic mass is 10.0. The van der Waals surface area contributed by atoms with Gasteiger partial charge >= 0.3 is 10.2 Å². The van der Waals surface area contributed by atoms with E-state index in [4.69, 9.17) is 0 Å². The molecule has 2 N–H and O–H groups in total. The number of rotatable bonds is 4. The van der Waals surface area contributed by atoms with E-state index in [9.17, 15) is 13.5 Å². The molecule has 0 aliphatic carbocycles. The molecular formula is C14H22N2O3S. The number of piperidine rings is 1. The molecule has 0 radical (unpaired) electrons. The van der Waals surface area contributed by atoms with Crippen LogP contribution in [0, 0.1) is 5.92 Å². The number of nitrogens with one attached hydrogen (secondary N) is 1. The summed E-state index contributed by atoms with van der Waals surface area (Å²) in [5.41, 5.74) is 1.03. The van der Waals surface area contributed by atoms with Gasteiger partial charge in [0.05, 0.1) is 11.8 Å². The molecule has 0 spiro atoms. The summed E-state index contributed by atoms with van der Waals surface area (Å²) in [5, 5.41) is 9.71. The van der Waals surface area contributed by atoms with E-state index in [1.165, 1.54) is 4.31 Å². The maximum absolute atomic E-state index is 12.4. The Morgan fingerprint density at radius 3 is 2.75 bits per heavy atom. The van der Waals surface area contributed by atoms with Gasteiger partial charge in [0.15, 0.2) is 0 Å². The van der Waals surface area contributed by atoms with Crippen LogP contribution in [0.1, 0.15) is 38.4 Å². The highest BCUT2D eigenvalue weighted by Crippen LogP contribution is 2.25. The van der Waals surface area contributed by atoms with Crippen LogP contribution in [0.2, 0.25) is 0 Å². The molecule has 1 heterocycles. The molecule has 0 aromatic heterocycles. The molecule has 2 atom stereocenters. The zero-order valence-corrected chi connectivity index (χ0v) is 12.7. The van der Waals surface area contributed by atoms with Crippen molar-refractivity contribution in [1.82, 2.24) is 4.31 Å². The van der Waals surface area contributed by atoms with Gasteiger partial charge in [-0.3, -0.25) is 4.72 Å². The first-order chi connectivity index (χ1) is 9.40. The maximum atomic E-state index is 12.4. The van der Waals surface area contributed by atoms with E-state index in [-0.39, 0.29) is 0 Å². The summed E-state index contributed by atoms with van der Waals surface area (Å²) >= 11 is 0.